The lowest BCUT2D eigenvalue weighted by Crippen LogP contribution is -2.48. The third-order valence-corrected chi connectivity index (χ3v) is 4.31. The third kappa shape index (κ3) is 3.77. The molecular weight excluding hydrogens is 291 g/mol. The van der Waals surface area contributed by atoms with Crippen molar-refractivity contribution >= 4 is 5.91 Å². The summed E-state index contributed by atoms with van der Waals surface area (Å²) < 4.78 is 13.7. The minimum absolute atomic E-state index is 0.0538. The first-order chi connectivity index (χ1) is 11.3. The van der Waals surface area contributed by atoms with E-state index in [1.165, 1.54) is 6.07 Å². The Morgan fingerprint density at radius 2 is 1.87 bits per heavy atom. The van der Waals surface area contributed by atoms with Crippen LogP contribution in [0.3, 0.4) is 0 Å². The van der Waals surface area contributed by atoms with Crippen LogP contribution in [-0.2, 0) is 11.2 Å². The molecule has 0 aliphatic carbocycles. The van der Waals surface area contributed by atoms with E-state index in [9.17, 15) is 9.18 Å². The van der Waals surface area contributed by atoms with Crippen molar-refractivity contribution in [2.45, 2.75) is 18.9 Å². The average Bonchev–Trinajstić information content (AvgIpc) is 2.61. The number of carbonyl (C=O) groups excluding carboxylic acids is 1. The number of hydrogen-bond acceptors (Lipinski definition) is 2. The summed E-state index contributed by atoms with van der Waals surface area (Å²) in [6.45, 7) is 2.25. The molecule has 1 amide bonds. The highest BCUT2D eigenvalue weighted by atomic mass is 19.1. The number of benzene rings is 2. The van der Waals surface area contributed by atoms with E-state index >= 15 is 0 Å². The molecule has 1 saturated heterocycles. The quantitative estimate of drug-likeness (QED) is 0.941. The minimum Gasteiger partial charge on any atom is -0.333 e. The van der Waals surface area contributed by atoms with Crippen molar-refractivity contribution < 1.29 is 9.18 Å². The second kappa shape index (κ2) is 7.38. The highest BCUT2D eigenvalue weighted by Crippen LogP contribution is 2.23. The van der Waals surface area contributed by atoms with Crippen LogP contribution in [0.25, 0.3) is 0 Å². The fourth-order valence-corrected chi connectivity index (χ4v) is 3.06. The van der Waals surface area contributed by atoms with E-state index in [-0.39, 0.29) is 17.8 Å². The maximum Gasteiger partial charge on any atom is 0.223 e. The van der Waals surface area contributed by atoms with E-state index in [2.05, 4.69) is 17.4 Å². The van der Waals surface area contributed by atoms with Crippen LogP contribution in [-0.4, -0.2) is 30.4 Å². The maximum absolute atomic E-state index is 13.7. The SMILES string of the molecule is O=C(CCc1ccccc1F)N1CCNC[C@H]1c1ccccc1. The molecule has 1 fully saturated rings. The van der Waals surface area contributed by atoms with E-state index in [0.29, 0.717) is 24.9 Å². The van der Waals surface area contributed by atoms with Crippen molar-refractivity contribution in [3.8, 4) is 0 Å². The summed E-state index contributed by atoms with van der Waals surface area (Å²) >= 11 is 0. The number of amides is 1. The summed E-state index contributed by atoms with van der Waals surface area (Å²) in [7, 11) is 0. The van der Waals surface area contributed by atoms with Gasteiger partial charge in [-0.3, -0.25) is 4.79 Å². The molecule has 1 aliphatic rings. The molecule has 3 rings (SSSR count). The molecule has 0 spiro atoms. The van der Waals surface area contributed by atoms with Gasteiger partial charge >= 0.3 is 0 Å². The van der Waals surface area contributed by atoms with Gasteiger partial charge in [-0.25, -0.2) is 4.39 Å². The zero-order chi connectivity index (χ0) is 16.1. The normalized spacial score (nSPS) is 18.0. The fourth-order valence-electron chi connectivity index (χ4n) is 3.06. The van der Waals surface area contributed by atoms with Crippen LogP contribution in [0.15, 0.2) is 54.6 Å². The van der Waals surface area contributed by atoms with E-state index in [1.807, 2.05) is 23.1 Å². The molecule has 1 N–H and O–H groups in total. The molecule has 120 valence electrons. The monoisotopic (exact) mass is 312 g/mol. The Kier molecular flexibility index (Phi) is 5.03. The predicted octanol–water partition coefficient (Wildman–Crippen LogP) is 2.93. The summed E-state index contributed by atoms with van der Waals surface area (Å²) in [5.74, 6) is -0.149. The smallest absolute Gasteiger partial charge is 0.223 e. The Hall–Kier alpha value is -2.20. The number of rotatable bonds is 4. The topological polar surface area (TPSA) is 32.3 Å². The largest absolute Gasteiger partial charge is 0.333 e. The number of piperazine rings is 1. The van der Waals surface area contributed by atoms with Gasteiger partial charge in [0.25, 0.3) is 0 Å². The molecule has 1 aliphatic heterocycles. The second-order valence-electron chi connectivity index (χ2n) is 5.81. The lowest BCUT2D eigenvalue weighted by Gasteiger charge is -2.36. The molecule has 0 saturated carbocycles. The molecule has 0 radical (unpaired) electrons. The molecule has 0 unspecified atom stereocenters. The second-order valence-corrected chi connectivity index (χ2v) is 5.81. The van der Waals surface area contributed by atoms with Crippen LogP contribution in [0.4, 0.5) is 4.39 Å². The summed E-state index contributed by atoms with van der Waals surface area (Å²) in [6.07, 6.45) is 0.779. The first kappa shape index (κ1) is 15.7. The van der Waals surface area contributed by atoms with Gasteiger partial charge in [0, 0.05) is 26.1 Å². The molecule has 2 aromatic carbocycles. The molecular formula is C19H21FN2O. The van der Waals surface area contributed by atoms with Crippen LogP contribution >= 0.6 is 0 Å². The molecule has 3 nitrogen and oxygen atoms in total. The first-order valence-corrected chi connectivity index (χ1v) is 8.04. The Morgan fingerprint density at radius 3 is 2.65 bits per heavy atom. The minimum atomic E-state index is -0.236. The van der Waals surface area contributed by atoms with Crippen LogP contribution in [0.1, 0.15) is 23.6 Å². The molecule has 23 heavy (non-hydrogen) atoms. The summed E-state index contributed by atoms with van der Waals surface area (Å²) in [5.41, 5.74) is 1.74. The van der Waals surface area contributed by atoms with Gasteiger partial charge in [0.15, 0.2) is 0 Å². The highest BCUT2D eigenvalue weighted by Gasteiger charge is 2.27. The van der Waals surface area contributed by atoms with Gasteiger partial charge in [-0.05, 0) is 23.6 Å². The average molecular weight is 312 g/mol. The van der Waals surface area contributed by atoms with Crippen LogP contribution in [0.5, 0.6) is 0 Å². The van der Waals surface area contributed by atoms with Gasteiger partial charge < -0.3 is 10.2 Å². The van der Waals surface area contributed by atoms with Crippen molar-refractivity contribution in [2.75, 3.05) is 19.6 Å². The van der Waals surface area contributed by atoms with E-state index in [4.69, 9.17) is 0 Å². The molecule has 0 bridgehead atoms. The molecule has 1 atom stereocenters. The Balaban J connectivity index is 1.68. The van der Waals surface area contributed by atoms with E-state index in [0.717, 1.165) is 18.7 Å². The number of nitrogens with one attached hydrogen (secondary N) is 1. The van der Waals surface area contributed by atoms with E-state index < -0.39 is 0 Å². The summed E-state index contributed by atoms with van der Waals surface area (Å²) in [4.78, 5) is 14.6. The number of halogens is 1. The van der Waals surface area contributed by atoms with Gasteiger partial charge in [-0.2, -0.15) is 0 Å². The fraction of sp³-hybridized carbons (Fsp3) is 0.316. The summed E-state index contributed by atoms with van der Waals surface area (Å²) in [6, 6.07) is 16.8. The number of nitrogens with zero attached hydrogens (tertiary/aromatic N) is 1. The number of hydrogen-bond donors (Lipinski definition) is 1. The van der Waals surface area contributed by atoms with Gasteiger partial charge in [-0.1, -0.05) is 48.5 Å². The number of carbonyl (C=O) groups is 1. The van der Waals surface area contributed by atoms with Gasteiger partial charge in [0.05, 0.1) is 6.04 Å². The van der Waals surface area contributed by atoms with Crippen LogP contribution in [0, 0.1) is 5.82 Å². The first-order valence-electron chi connectivity index (χ1n) is 8.04. The van der Waals surface area contributed by atoms with Crippen LogP contribution in [0.2, 0.25) is 0 Å². The lowest BCUT2D eigenvalue weighted by molar-refractivity contribution is -0.134. The predicted molar refractivity (Wildman–Crippen MR) is 88.5 cm³/mol. The Morgan fingerprint density at radius 1 is 1.13 bits per heavy atom. The lowest BCUT2D eigenvalue weighted by atomic mass is 10.0. The van der Waals surface area contributed by atoms with Crippen molar-refractivity contribution in [1.29, 1.82) is 0 Å². The highest BCUT2D eigenvalue weighted by molar-refractivity contribution is 5.77. The van der Waals surface area contributed by atoms with Crippen LogP contribution < -0.4 is 5.32 Å². The van der Waals surface area contributed by atoms with Gasteiger partial charge in [0.1, 0.15) is 5.82 Å². The van der Waals surface area contributed by atoms with Crippen molar-refractivity contribution in [1.82, 2.24) is 10.2 Å². The van der Waals surface area contributed by atoms with Crippen molar-refractivity contribution in [3.63, 3.8) is 0 Å². The maximum atomic E-state index is 13.7. The molecule has 2 aromatic rings. The Bertz CT molecular complexity index is 659. The van der Waals surface area contributed by atoms with Crippen molar-refractivity contribution in [2.24, 2.45) is 0 Å². The zero-order valence-corrected chi connectivity index (χ0v) is 13.0. The molecule has 4 heteroatoms. The zero-order valence-electron chi connectivity index (χ0n) is 13.0. The summed E-state index contributed by atoms with van der Waals surface area (Å²) in [5, 5.41) is 3.35. The number of aryl methyl sites for hydroxylation is 1. The van der Waals surface area contributed by atoms with Gasteiger partial charge in [-0.15, -0.1) is 0 Å². The molecule has 0 aromatic heterocycles. The Labute approximate surface area is 136 Å². The van der Waals surface area contributed by atoms with E-state index in [1.54, 1.807) is 18.2 Å². The molecule has 1 heterocycles. The van der Waals surface area contributed by atoms with Gasteiger partial charge in [0.2, 0.25) is 5.91 Å². The standard InChI is InChI=1S/C19H21FN2O/c20-17-9-5-4-6-15(17)10-11-19(23)22-13-12-21-14-18(22)16-7-2-1-3-8-16/h1-9,18,21H,10-14H2/t18-/m0/s1. The van der Waals surface area contributed by atoms with Crippen molar-refractivity contribution in [3.05, 3.63) is 71.5 Å². The third-order valence-electron chi connectivity index (χ3n) is 4.31.